The SMILES string of the molecule is C[C@H](CCc1ccccc1)NC(=O)/C=C/c1ccc(Cl)cc1Cl. The van der Waals surface area contributed by atoms with Crippen LogP contribution in [0.5, 0.6) is 0 Å². The van der Waals surface area contributed by atoms with Crippen LogP contribution in [0.2, 0.25) is 10.0 Å². The van der Waals surface area contributed by atoms with Crippen molar-refractivity contribution in [2.75, 3.05) is 0 Å². The van der Waals surface area contributed by atoms with Crippen LogP contribution in [0.3, 0.4) is 0 Å². The number of benzene rings is 2. The largest absolute Gasteiger partial charge is 0.350 e. The molecule has 0 saturated heterocycles. The highest BCUT2D eigenvalue weighted by molar-refractivity contribution is 6.35. The standard InChI is InChI=1S/C19H19Cl2NO/c1-14(7-8-15-5-3-2-4-6-15)22-19(23)12-10-16-9-11-17(20)13-18(16)21/h2-6,9-14H,7-8H2,1H3,(H,22,23)/b12-10+/t14-/m1/s1. The zero-order valence-electron chi connectivity index (χ0n) is 12.9. The summed E-state index contributed by atoms with van der Waals surface area (Å²) < 4.78 is 0. The van der Waals surface area contributed by atoms with Crippen molar-refractivity contribution in [2.24, 2.45) is 0 Å². The summed E-state index contributed by atoms with van der Waals surface area (Å²) in [6.07, 6.45) is 5.02. The van der Waals surface area contributed by atoms with E-state index in [0.29, 0.717) is 10.0 Å². The van der Waals surface area contributed by atoms with Gasteiger partial charge in [0.15, 0.2) is 0 Å². The van der Waals surface area contributed by atoms with Crippen molar-refractivity contribution >= 4 is 35.2 Å². The van der Waals surface area contributed by atoms with Gasteiger partial charge in [-0.05, 0) is 49.1 Å². The van der Waals surface area contributed by atoms with Gasteiger partial charge >= 0.3 is 0 Å². The number of hydrogen-bond donors (Lipinski definition) is 1. The highest BCUT2D eigenvalue weighted by Gasteiger charge is 2.05. The van der Waals surface area contributed by atoms with Crippen LogP contribution in [0.25, 0.3) is 6.08 Å². The van der Waals surface area contributed by atoms with E-state index >= 15 is 0 Å². The molecule has 1 atom stereocenters. The minimum atomic E-state index is -0.128. The smallest absolute Gasteiger partial charge is 0.244 e. The molecule has 0 aliphatic rings. The Bertz CT molecular complexity index is 683. The summed E-state index contributed by atoms with van der Waals surface area (Å²) in [4.78, 5) is 11.9. The van der Waals surface area contributed by atoms with Gasteiger partial charge < -0.3 is 5.32 Å². The van der Waals surface area contributed by atoms with Crippen molar-refractivity contribution in [3.63, 3.8) is 0 Å². The highest BCUT2D eigenvalue weighted by atomic mass is 35.5. The molecule has 120 valence electrons. The minimum absolute atomic E-state index is 0.105. The van der Waals surface area contributed by atoms with Gasteiger partial charge in [0.2, 0.25) is 5.91 Å². The number of carbonyl (C=O) groups excluding carboxylic acids is 1. The lowest BCUT2D eigenvalue weighted by Crippen LogP contribution is -2.31. The summed E-state index contributed by atoms with van der Waals surface area (Å²) >= 11 is 11.9. The molecule has 1 amide bonds. The van der Waals surface area contributed by atoms with Crippen LogP contribution in [0.4, 0.5) is 0 Å². The summed E-state index contributed by atoms with van der Waals surface area (Å²) in [7, 11) is 0. The Hall–Kier alpha value is -1.77. The van der Waals surface area contributed by atoms with E-state index in [2.05, 4.69) is 17.4 Å². The van der Waals surface area contributed by atoms with E-state index in [0.717, 1.165) is 18.4 Å². The van der Waals surface area contributed by atoms with Crippen LogP contribution < -0.4 is 5.32 Å². The second-order valence-electron chi connectivity index (χ2n) is 5.43. The molecule has 2 aromatic rings. The topological polar surface area (TPSA) is 29.1 Å². The summed E-state index contributed by atoms with van der Waals surface area (Å²) in [5, 5.41) is 4.06. The molecule has 0 aliphatic carbocycles. The Kier molecular flexibility index (Phi) is 6.69. The predicted molar refractivity (Wildman–Crippen MR) is 97.9 cm³/mol. The van der Waals surface area contributed by atoms with Crippen LogP contribution >= 0.6 is 23.2 Å². The van der Waals surface area contributed by atoms with E-state index in [1.165, 1.54) is 11.6 Å². The summed E-state index contributed by atoms with van der Waals surface area (Å²) in [6, 6.07) is 15.5. The Balaban J connectivity index is 1.82. The molecular formula is C19H19Cl2NO. The van der Waals surface area contributed by atoms with Crippen LogP contribution in [-0.2, 0) is 11.2 Å². The van der Waals surface area contributed by atoms with Gasteiger partial charge in [-0.1, -0.05) is 59.6 Å². The van der Waals surface area contributed by atoms with E-state index in [9.17, 15) is 4.79 Å². The van der Waals surface area contributed by atoms with Crippen molar-refractivity contribution in [3.8, 4) is 0 Å². The third-order valence-electron chi connectivity index (χ3n) is 3.47. The number of rotatable bonds is 6. The third-order valence-corrected chi connectivity index (χ3v) is 4.04. The summed E-state index contributed by atoms with van der Waals surface area (Å²) in [6.45, 7) is 2.00. The monoisotopic (exact) mass is 347 g/mol. The Morgan fingerprint density at radius 1 is 1.17 bits per heavy atom. The van der Waals surface area contributed by atoms with E-state index in [1.807, 2.05) is 25.1 Å². The average molecular weight is 348 g/mol. The maximum absolute atomic E-state index is 11.9. The van der Waals surface area contributed by atoms with Gasteiger partial charge in [-0.15, -0.1) is 0 Å². The molecular weight excluding hydrogens is 329 g/mol. The maximum atomic E-state index is 11.9. The lowest BCUT2D eigenvalue weighted by molar-refractivity contribution is -0.117. The van der Waals surface area contributed by atoms with Crippen molar-refractivity contribution in [1.82, 2.24) is 5.32 Å². The van der Waals surface area contributed by atoms with Gasteiger partial charge in [-0.2, -0.15) is 0 Å². The molecule has 0 bridgehead atoms. The molecule has 1 N–H and O–H groups in total. The van der Waals surface area contributed by atoms with Crippen LogP contribution in [0.15, 0.2) is 54.6 Å². The number of amides is 1. The van der Waals surface area contributed by atoms with Gasteiger partial charge in [-0.3, -0.25) is 4.79 Å². The number of aryl methyl sites for hydroxylation is 1. The zero-order valence-corrected chi connectivity index (χ0v) is 14.4. The highest BCUT2D eigenvalue weighted by Crippen LogP contribution is 2.21. The van der Waals surface area contributed by atoms with E-state index in [4.69, 9.17) is 23.2 Å². The molecule has 0 heterocycles. The molecule has 0 unspecified atom stereocenters. The predicted octanol–water partition coefficient (Wildman–Crippen LogP) is 5.14. The first-order valence-electron chi connectivity index (χ1n) is 7.52. The van der Waals surface area contributed by atoms with Gasteiger partial charge in [0, 0.05) is 22.2 Å². The van der Waals surface area contributed by atoms with Crippen molar-refractivity contribution < 1.29 is 4.79 Å². The van der Waals surface area contributed by atoms with Crippen LogP contribution in [0.1, 0.15) is 24.5 Å². The van der Waals surface area contributed by atoms with Crippen LogP contribution in [-0.4, -0.2) is 11.9 Å². The lowest BCUT2D eigenvalue weighted by atomic mass is 10.1. The van der Waals surface area contributed by atoms with Crippen LogP contribution in [0, 0.1) is 0 Å². The molecule has 4 heteroatoms. The molecule has 2 aromatic carbocycles. The van der Waals surface area contributed by atoms with Crippen molar-refractivity contribution in [2.45, 2.75) is 25.8 Å². The summed E-state index contributed by atoms with van der Waals surface area (Å²) in [5.41, 5.74) is 2.04. The van der Waals surface area contributed by atoms with Gasteiger partial charge in [0.25, 0.3) is 0 Å². The molecule has 0 saturated carbocycles. The second-order valence-corrected chi connectivity index (χ2v) is 6.28. The maximum Gasteiger partial charge on any atom is 0.244 e. The molecule has 0 fully saturated rings. The third kappa shape index (κ3) is 6.09. The quantitative estimate of drug-likeness (QED) is 0.719. The molecule has 0 aliphatic heterocycles. The molecule has 23 heavy (non-hydrogen) atoms. The van der Waals surface area contributed by atoms with E-state index in [1.54, 1.807) is 24.3 Å². The first-order valence-corrected chi connectivity index (χ1v) is 8.28. The molecule has 0 radical (unpaired) electrons. The average Bonchev–Trinajstić information content (AvgIpc) is 2.53. The van der Waals surface area contributed by atoms with Crippen molar-refractivity contribution in [1.29, 1.82) is 0 Å². The fourth-order valence-electron chi connectivity index (χ4n) is 2.19. The lowest BCUT2D eigenvalue weighted by Gasteiger charge is -2.12. The number of halogens is 2. The Morgan fingerprint density at radius 3 is 2.61 bits per heavy atom. The van der Waals surface area contributed by atoms with E-state index < -0.39 is 0 Å². The first-order chi connectivity index (χ1) is 11.0. The Morgan fingerprint density at radius 2 is 1.91 bits per heavy atom. The van der Waals surface area contributed by atoms with E-state index in [-0.39, 0.29) is 11.9 Å². The molecule has 0 spiro atoms. The molecule has 2 nitrogen and oxygen atoms in total. The van der Waals surface area contributed by atoms with Crippen molar-refractivity contribution in [3.05, 3.63) is 75.8 Å². The van der Waals surface area contributed by atoms with Gasteiger partial charge in [-0.25, -0.2) is 0 Å². The molecule has 2 rings (SSSR count). The number of hydrogen-bond acceptors (Lipinski definition) is 1. The molecule has 0 aromatic heterocycles. The fourth-order valence-corrected chi connectivity index (χ4v) is 2.66. The number of carbonyl (C=O) groups is 1. The normalized spacial score (nSPS) is 12.3. The minimum Gasteiger partial charge on any atom is -0.350 e. The number of nitrogens with one attached hydrogen (secondary N) is 1. The second kappa shape index (κ2) is 8.76. The van der Waals surface area contributed by atoms with Gasteiger partial charge in [0.05, 0.1) is 0 Å². The zero-order chi connectivity index (χ0) is 16.7. The first kappa shape index (κ1) is 17.6. The summed E-state index contributed by atoms with van der Waals surface area (Å²) in [5.74, 6) is -0.128. The van der Waals surface area contributed by atoms with Gasteiger partial charge in [0.1, 0.15) is 0 Å². The Labute approximate surface area is 147 Å². The fraction of sp³-hybridized carbons (Fsp3) is 0.211.